The highest BCUT2D eigenvalue weighted by Gasteiger charge is 2.38. The summed E-state index contributed by atoms with van der Waals surface area (Å²) in [6, 6.07) is 8.59. The molecule has 128 valence electrons. The second kappa shape index (κ2) is 5.68. The average Bonchev–Trinajstić information content (AvgIpc) is 3.17. The summed E-state index contributed by atoms with van der Waals surface area (Å²) in [4.78, 5) is 14.9. The van der Waals surface area contributed by atoms with Crippen molar-refractivity contribution in [2.75, 3.05) is 7.05 Å². The Morgan fingerprint density at radius 1 is 1.24 bits per heavy atom. The fourth-order valence-electron chi connectivity index (χ4n) is 3.24. The van der Waals surface area contributed by atoms with Crippen molar-refractivity contribution in [3.05, 3.63) is 46.2 Å². The number of nitrogens with zero attached hydrogens (tertiary/aromatic N) is 1. The molecule has 0 saturated carbocycles. The van der Waals surface area contributed by atoms with Crippen LogP contribution in [-0.2, 0) is 10.3 Å². The van der Waals surface area contributed by atoms with Crippen LogP contribution in [0.4, 0.5) is 0 Å². The summed E-state index contributed by atoms with van der Waals surface area (Å²) in [6.07, 6.45) is 0.342. The maximum atomic E-state index is 12.2. The van der Waals surface area contributed by atoms with Crippen LogP contribution >= 0.6 is 22.7 Å². The number of guanidine groups is 1. The highest BCUT2D eigenvalue weighted by molar-refractivity contribution is 7.19. The van der Waals surface area contributed by atoms with E-state index in [2.05, 4.69) is 47.3 Å². The molecule has 0 unspecified atom stereocenters. The van der Waals surface area contributed by atoms with Gasteiger partial charge in [-0.3, -0.25) is 15.1 Å². The third-order valence-electron chi connectivity index (χ3n) is 4.82. The summed E-state index contributed by atoms with van der Waals surface area (Å²) in [7, 11) is 1.64. The van der Waals surface area contributed by atoms with Crippen LogP contribution in [0.2, 0.25) is 0 Å². The first-order chi connectivity index (χ1) is 11.9. The molecule has 6 heteroatoms. The zero-order valence-electron chi connectivity index (χ0n) is 14.3. The molecule has 0 aliphatic carbocycles. The fraction of sp³-hybridized carbons (Fsp3) is 0.263. The van der Waals surface area contributed by atoms with Crippen LogP contribution in [0.15, 0.2) is 35.0 Å². The lowest BCUT2D eigenvalue weighted by Crippen LogP contribution is -2.58. The summed E-state index contributed by atoms with van der Waals surface area (Å²) in [5.74, 6) is 0.115. The van der Waals surface area contributed by atoms with E-state index in [9.17, 15) is 4.79 Å². The first-order valence-corrected chi connectivity index (χ1v) is 9.84. The Bertz CT molecular complexity index is 983. The van der Waals surface area contributed by atoms with Gasteiger partial charge in [-0.05, 0) is 48.6 Å². The predicted molar refractivity (Wildman–Crippen MR) is 105 cm³/mol. The number of fused-ring (bicyclic) bond motifs is 1. The molecule has 0 spiro atoms. The third kappa shape index (κ3) is 2.65. The van der Waals surface area contributed by atoms with Gasteiger partial charge in [0, 0.05) is 33.0 Å². The Morgan fingerprint density at radius 2 is 2.04 bits per heavy atom. The number of thiophene rings is 2. The summed E-state index contributed by atoms with van der Waals surface area (Å²) >= 11 is 3.50. The van der Waals surface area contributed by atoms with E-state index in [-0.39, 0.29) is 11.9 Å². The van der Waals surface area contributed by atoms with Crippen molar-refractivity contribution < 1.29 is 4.79 Å². The first kappa shape index (κ1) is 16.3. The smallest absolute Gasteiger partial charge is 0.231 e. The summed E-state index contributed by atoms with van der Waals surface area (Å²) in [5.41, 5.74) is 3.01. The molecule has 3 heterocycles. The van der Waals surface area contributed by atoms with Crippen molar-refractivity contribution >= 4 is 44.6 Å². The zero-order chi connectivity index (χ0) is 17.8. The molecule has 3 aromatic rings. The average molecular weight is 370 g/mol. The first-order valence-electron chi connectivity index (χ1n) is 8.08. The van der Waals surface area contributed by atoms with Crippen LogP contribution < -0.4 is 5.32 Å². The van der Waals surface area contributed by atoms with Crippen molar-refractivity contribution in [2.45, 2.75) is 25.8 Å². The minimum absolute atomic E-state index is 0.0363. The van der Waals surface area contributed by atoms with Crippen molar-refractivity contribution in [2.24, 2.45) is 0 Å². The number of carbonyl (C=O) groups excluding carboxylic acids is 1. The Kier molecular flexibility index (Phi) is 3.70. The number of nitrogens with one attached hydrogen (secondary N) is 2. The molecule has 1 aromatic carbocycles. The van der Waals surface area contributed by atoms with Gasteiger partial charge in [-0.15, -0.1) is 22.7 Å². The van der Waals surface area contributed by atoms with Crippen LogP contribution in [-0.4, -0.2) is 23.8 Å². The van der Waals surface area contributed by atoms with Crippen molar-refractivity contribution in [3.63, 3.8) is 0 Å². The lowest BCUT2D eigenvalue weighted by molar-refractivity contribution is -0.129. The summed E-state index contributed by atoms with van der Waals surface area (Å²) in [5, 5.41) is 16.8. The quantitative estimate of drug-likeness (QED) is 0.697. The Balaban J connectivity index is 1.81. The second-order valence-corrected chi connectivity index (χ2v) is 8.61. The number of aryl methyl sites for hydroxylation is 1. The van der Waals surface area contributed by atoms with Gasteiger partial charge in [0.15, 0.2) is 5.96 Å². The Hall–Kier alpha value is -2.18. The van der Waals surface area contributed by atoms with Crippen molar-refractivity contribution in [1.82, 2.24) is 10.2 Å². The molecule has 25 heavy (non-hydrogen) atoms. The van der Waals surface area contributed by atoms with E-state index in [4.69, 9.17) is 5.41 Å². The number of carbonyl (C=O) groups is 1. The van der Waals surface area contributed by atoms with E-state index >= 15 is 0 Å². The predicted octanol–water partition coefficient (Wildman–Crippen LogP) is 4.54. The lowest BCUT2D eigenvalue weighted by atomic mass is 9.86. The number of hydrogen-bond donors (Lipinski definition) is 2. The van der Waals surface area contributed by atoms with E-state index in [1.807, 2.05) is 6.92 Å². The van der Waals surface area contributed by atoms with Gasteiger partial charge in [0.2, 0.25) is 5.91 Å². The molecular weight excluding hydrogens is 350 g/mol. The van der Waals surface area contributed by atoms with Crippen LogP contribution in [0, 0.1) is 12.3 Å². The fourth-order valence-corrected chi connectivity index (χ4v) is 5.19. The van der Waals surface area contributed by atoms with Crippen molar-refractivity contribution in [3.8, 4) is 10.4 Å². The normalized spacial score (nSPS) is 21.0. The minimum atomic E-state index is -0.556. The summed E-state index contributed by atoms with van der Waals surface area (Å²) < 4.78 is 1.24. The molecule has 2 N–H and O–H groups in total. The zero-order valence-corrected chi connectivity index (χ0v) is 16.0. The molecule has 1 amide bonds. The van der Waals surface area contributed by atoms with E-state index < -0.39 is 5.54 Å². The summed E-state index contributed by atoms with van der Waals surface area (Å²) in [6.45, 7) is 4.11. The monoisotopic (exact) mass is 369 g/mol. The maximum absolute atomic E-state index is 12.2. The van der Waals surface area contributed by atoms with Crippen LogP contribution in [0.25, 0.3) is 20.5 Å². The van der Waals surface area contributed by atoms with Gasteiger partial charge in [-0.2, -0.15) is 0 Å². The van der Waals surface area contributed by atoms with Gasteiger partial charge >= 0.3 is 0 Å². The van der Waals surface area contributed by atoms with E-state index in [0.717, 1.165) is 5.56 Å². The van der Waals surface area contributed by atoms with Crippen LogP contribution in [0.5, 0.6) is 0 Å². The molecule has 0 radical (unpaired) electrons. The molecule has 1 atom stereocenters. The molecular formula is C19H19N3OS2. The number of hydrogen-bond acceptors (Lipinski definition) is 4. The van der Waals surface area contributed by atoms with Gasteiger partial charge in [-0.1, -0.05) is 6.07 Å². The highest BCUT2D eigenvalue weighted by Crippen LogP contribution is 2.39. The number of amides is 1. The molecule has 1 saturated heterocycles. The highest BCUT2D eigenvalue weighted by atomic mass is 32.1. The van der Waals surface area contributed by atoms with Gasteiger partial charge in [0.1, 0.15) is 0 Å². The van der Waals surface area contributed by atoms with Crippen LogP contribution in [0.3, 0.4) is 0 Å². The molecule has 2 aromatic heterocycles. The number of rotatable bonds is 2. The van der Waals surface area contributed by atoms with Crippen LogP contribution in [0.1, 0.15) is 24.5 Å². The molecule has 4 nitrogen and oxygen atoms in total. The van der Waals surface area contributed by atoms with Crippen molar-refractivity contribution in [1.29, 1.82) is 5.41 Å². The molecule has 1 aliphatic heterocycles. The second-order valence-electron chi connectivity index (χ2n) is 6.78. The minimum Gasteiger partial charge on any atom is -0.346 e. The molecule has 1 aliphatic rings. The Labute approximate surface area is 154 Å². The Morgan fingerprint density at radius 3 is 2.72 bits per heavy atom. The number of benzene rings is 1. The lowest BCUT2D eigenvalue weighted by Gasteiger charge is -2.39. The molecule has 0 bridgehead atoms. The third-order valence-corrected chi connectivity index (χ3v) is 6.86. The SMILES string of the molecule is Cc1csc(-c2csc3ccc([C@]4(C)CC(=O)N(C)C(=N)N4)cc23)c1. The molecule has 4 rings (SSSR count). The standard InChI is InChI=1S/C19H19N3OS2/c1-11-6-16(24-9-11)14-10-25-15-5-4-12(7-13(14)15)19(2)8-17(23)22(3)18(20)21-19/h4-7,9-10H,8H2,1-3H3,(H2,20,21)/t19-/m0/s1. The van der Waals surface area contributed by atoms with E-state index in [0.29, 0.717) is 6.42 Å². The molecule has 1 fully saturated rings. The van der Waals surface area contributed by atoms with Gasteiger partial charge in [0.25, 0.3) is 0 Å². The van der Waals surface area contributed by atoms with Gasteiger partial charge in [-0.25, -0.2) is 0 Å². The largest absolute Gasteiger partial charge is 0.346 e. The van der Waals surface area contributed by atoms with Gasteiger partial charge in [0.05, 0.1) is 12.0 Å². The van der Waals surface area contributed by atoms with E-state index in [1.165, 1.54) is 31.0 Å². The maximum Gasteiger partial charge on any atom is 0.231 e. The topological polar surface area (TPSA) is 56.2 Å². The van der Waals surface area contributed by atoms with E-state index in [1.54, 1.807) is 29.7 Å². The van der Waals surface area contributed by atoms with Gasteiger partial charge < -0.3 is 5.32 Å².